The molecule has 4 amide bonds. The highest BCUT2D eigenvalue weighted by molar-refractivity contribution is 6.08. The maximum absolute atomic E-state index is 12.1. The molecule has 0 bridgehead atoms. The Morgan fingerprint density at radius 3 is 2.70 bits per heavy atom. The first-order valence-electron chi connectivity index (χ1n) is 7.45. The van der Waals surface area contributed by atoms with E-state index in [0.29, 0.717) is 17.7 Å². The molecule has 0 aromatic heterocycles. The second-order valence-electron chi connectivity index (χ2n) is 5.40. The Balaban J connectivity index is 2.00. The van der Waals surface area contributed by atoms with Gasteiger partial charge < -0.3 is 10.6 Å². The van der Waals surface area contributed by atoms with Gasteiger partial charge >= 0.3 is 6.03 Å². The second kappa shape index (κ2) is 7.04. The van der Waals surface area contributed by atoms with Crippen molar-refractivity contribution in [2.75, 3.05) is 11.9 Å². The molecule has 7 nitrogen and oxygen atoms in total. The van der Waals surface area contributed by atoms with Crippen LogP contribution in [-0.2, 0) is 9.59 Å². The number of hydrogen-bond acceptors (Lipinski definition) is 4. The topological polar surface area (TPSA) is 95.6 Å². The van der Waals surface area contributed by atoms with Gasteiger partial charge in [0.1, 0.15) is 12.6 Å². The first-order chi connectivity index (χ1) is 10.9. The molecule has 2 rings (SSSR count). The van der Waals surface area contributed by atoms with Crippen LogP contribution in [0.3, 0.4) is 0 Å². The summed E-state index contributed by atoms with van der Waals surface area (Å²) < 4.78 is 0. The van der Waals surface area contributed by atoms with E-state index in [-0.39, 0.29) is 18.2 Å². The molecule has 1 aliphatic rings. The van der Waals surface area contributed by atoms with Crippen molar-refractivity contribution in [3.63, 3.8) is 0 Å². The summed E-state index contributed by atoms with van der Waals surface area (Å²) in [4.78, 5) is 48.1. The van der Waals surface area contributed by atoms with Crippen LogP contribution in [0.15, 0.2) is 24.3 Å². The molecule has 1 aromatic carbocycles. The zero-order valence-electron chi connectivity index (χ0n) is 13.1. The molecule has 1 aliphatic heterocycles. The highest BCUT2D eigenvalue weighted by atomic mass is 16.2. The lowest BCUT2D eigenvalue weighted by molar-refractivity contribution is -0.130. The van der Waals surface area contributed by atoms with Crippen LogP contribution < -0.4 is 10.6 Å². The van der Waals surface area contributed by atoms with E-state index in [1.54, 1.807) is 24.3 Å². The van der Waals surface area contributed by atoms with E-state index in [9.17, 15) is 19.2 Å². The van der Waals surface area contributed by atoms with E-state index in [1.165, 1.54) is 6.92 Å². The first kappa shape index (κ1) is 16.7. The van der Waals surface area contributed by atoms with Crippen LogP contribution in [0.5, 0.6) is 0 Å². The van der Waals surface area contributed by atoms with E-state index in [0.717, 1.165) is 11.3 Å². The van der Waals surface area contributed by atoms with Crippen molar-refractivity contribution in [2.24, 2.45) is 0 Å². The molecule has 23 heavy (non-hydrogen) atoms. The fourth-order valence-corrected chi connectivity index (χ4v) is 2.37. The van der Waals surface area contributed by atoms with Gasteiger partial charge in [-0.15, -0.1) is 0 Å². The number of amides is 4. The molecule has 122 valence electrons. The third-order valence-electron chi connectivity index (χ3n) is 3.54. The molecule has 0 spiro atoms. The fraction of sp³-hybridized carbons (Fsp3) is 0.375. The zero-order valence-corrected chi connectivity index (χ0v) is 13.1. The van der Waals surface area contributed by atoms with Gasteiger partial charge in [-0.25, -0.2) is 4.79 Å². The monoisotopic (exact) mass is 317 g/mol. The molecule has 1 saturated heterocycles. The third-order valence-corrected chi connectivity index (χ3v) is 3.54. The SMILES string of the molecule is CCCC1NC(=O)N(CC(=O)Nc2cccc(C(C)=O)c2)C1=O. The summed E-state index contributed by atoms with van der Waals surface area (Å²) in [5.74, 6) is -0.992. The van der Waals surface area contributed by atoms with Gasteiger partial charge in [-0.3, -0.25) is 19.3 Å². The predicted octanol–water partition coefficient (Wildman–Crippen LogP) is 1.55. The number of benzene rings is 1. The van der Waals surface area contributed by atoms with Gasteiger partial charge in [0.05, 0.1) is 0 Å². The third kappa shape index (κ3) is 3.94. The quantitative estimate of drug-likeness (QED) is 0.614. The van der Waals surface area contributed by atoms with Crippen molar-refractivity contribution in [1.29, 1.82) is 0 Å². The summed E-state index contributed by atoms with van der Waals surface area (Å²) in [6, 6.07) is 5.37. The number of Topliss-reactive ketones (excluding diaryl/α,β-unsaturated/α-hetero) is 1. The van der Waals surface area contributed by atoms with Crippen molar-refractivity contribution in [3.05, 3.63) is 29.8 Å². The summed E-state index contributed by atoms with van der Waals surface area (Å²) in [6.45, 7) is 2.99. The van der Waals surface area contributed by atoms with Crippen LogP contribution in [0.4, 0.5) is 10.5 Å². The van der Waals surface area contributed by atoms with Gasteiger partial charge in [-0.05, 0) is 25.5 Å². The van der Waals surface area contributed by atoms with E-state index < -0.39 is 18.0 Å². The molecule has 1 unspecified atom stereocenters. The molecular weight excluding hydrogens is 298 g/mol. The Kier molecular flexibility index (Phi) is 5.10. The van der Waals surface area contributed by atoms with Crippen LogP contribution in [-0.4, -0.2) is 41.1 Å². The minimum absolute atomic E-state index is 0.113. The van der Waals surface area contributed by atoms with Crippen LogP contribution in [0.2, 0.25) is 0 Å². The largest absolute Gasteiger partial charge is 0.326 e. The second-order valence-corrected chi connectivity index (χ2v) is 5.40. The lowest BCUT2D eigenvalue weighted by Crippen LogP contribution is -2.38. The molecule has 2 N–H and O–H groups in total. The smallest absolute Gasteiger partial charge is 0.325 e. The summed E-state index contributed by atoms with van der Waals surface area (Å²) in [7, 11) is 0. The molecule has 1 aromatic rings. The number of carbonyl (C=O) groups is 4. The van der Waals surface area contributed by atoms with Gasteiger partial charge in [0.25, 0.3) is 5.91 Å². The van der Waals surface area contributed by atoms with E-state index >= 15 is 0 Å². The van der Waals surface area contributed by atoms with Crippen molar-refractivity contribution >= 4 is 29.3 Å². The number of anilines is 1. The minimum atomic E-state index is -0.555. The average Bonchev–Trinajstić information content (AvgIpc) is 2.75. The Morgan fingerprint density at radius 1 is 1.30 bits per heavy atom. The predicted molar refractivity (Wildman–Crippen MR) is 84.0 cm³/mol. The van der Waals surface area contributed by atoms with Crippen LogP contribution >= 0.6 is 0 Å². The maximum atomic E-state index is 12.1. The lowest BCUT2D eigenvalue weighted by atomic mass is 10.1. The Morgan fingerprint density at radius 2 is 2.04 bits per heavy atom. The summed E-state index contributed by atoms with van der Waals surface area (Å²) in [5, 5.41) is 5.15. The number of nitrogens with one attached hydrogen (secondary N) is 2. The number of nitrogens with zero attached hydrogens (tertiary/aromatic N) is 1. The molecule has 1 fully saturated rings. The highest BCUT2D eigenvalue weighted by Gasteiger charge is 2.38. The van der Waals surface area contributed by atoms with Gasteiger partial charge in [-0.2, -0.15) is 0 Å². The average molecular weight is 317 g/mol. The number of urea groups is 1. The number of imide groups is 1. The molecule has 0 radical (unpaired) electrons. The Bertz CT molecular complexity index is 656. The number of hydrogen-bond donors (Lipinski definition) is 2. The standard InChI is InChI=1S/C16H19N3O4/c1-3-5-13-15(22)19(16(23)18-13)9-14(21)17-12-7-4-6-11(8-12)10(2)20/h4,6-8,13H,3,5,9H2,1-2H3,(H,17,21)(H,18,23). The molecule has 0 aliphatic carbocycles. The Labute approximate surface area is 134 Å². The minimum Gasteiger partial charge on any atom is -0.326 e. The summed E-state index contributed by atoms with van der Waals surface area (Å²) in [5.41, 5.74) is 0.917. The van der Waals surface area contributed by atoms with Gasteiger partial charge in [0.2, 0.25) is 5.91 Å². The van der Waals surface area contributed by atoms with E-state index in [2.05, 4.69) is 10.6 Å². The normalized spacial score (nSPS) is 17.1. The van der Waals surface area contributed by atoms with Gasteiger partial charge in [0.15, 0.2) is 5.78 Å². The van der Waals surface area contributed by atoms with E-state index in [4.69, 9.17) is 0 Å². The van der Waals surface area contributed by atoms with Crippen molar-refractivity contribution in [1.82, 2.24) is 10.2 Å². The summed E-state index contributed by atoms with van der Waals surface area (Å²) in [6.07, 6.45) is 1.30. The van der Waals surface area contributed by atoms with Crippen LogP contribution in [0, 0.1) is 0 Å². The number of ketones is 1. The van der Waals surface area contributed by atoms with Crippen molar-refractivity contribution in [2.45, 2.75) is 32.7 Å². The summed E-state index contributed by atoms with van der Waals surface area (Å²) >= 11 is 0. The van der Waals surface area contributed by atoms with Crippen LogP contribution in [0.1, 0.15) is 37.0 Å². The molecule has 0 saturated carbocycles. The van der Waals surface area contributed by atoms with Gasteiger partial charge in [0, 0.05) is 11.3 Å². The fourth-order valence-electron chi connectivity index (χ4n) is 2.37. The molecular formula is C16H19N3O4. The first-order valence-corrected chi connectivity index (χ1v) is 7.45. The molecule has 1 atom stereocenters. The van der Waals surface area contributed by atoms with Crippen LogP contribution in [0.25, 0.3) is 0 Å². The molecule has 7 heteroatoms. The molecule has 1 heterocycles. The highest BCUT2D eigenvalue weighted by Crippen LogP contribution is 2.13. The van der Waals surface area contributed by atoms with Gasteiger partial charge in [-0.1, -0.05) is 25.5 Å². The lowest BCUT2D eigenvalue weighted by Gasteiger charge is -2.13. The van der Waals surface area contributed by atoms with Crippen molar-refractivity contribution < 1.29 is 19.2 Å². The number of carbonyl (C=O) groups excluding carboxylic acids is 4. The number of rotatable bonds is 6. The van der Waals surface area contributed by atoms with Crippen molar-refractivity contribution in [3.8, 4) is 0 Å². The zero-order chi connectivity index (χ0) is 17.0. The maximum Gasteiger partial charge on any atom is 0.325 e. The van der Waals surface area contributed by atoms with E-state index in [1.807, 2.05) is 6.92 Å². The Hall–Kier alpha value is -2.70.